The van der Waals surface area contributed by atoms with E-state index in [0.717, 1.165) is 28.1 Å². The van der Waals surface area contributed by atoms with Crippen molar-refractivity contribution in [3.05, 3.63) is 24.4 Å². The van der Waals surface area contributed by atoms with Gasteiger partial charge in [0.15, 0.2) is 11.5 Å². The fourth-order valence-corrected chi connectivity index (χ4v) is 2.48. The normalized spacial score (nSPS) is 16.1. The standard InChI is InChI=1S/C15H18N2O3/c1-9(5-10(2)18)17-15-12-7-14-13(19-8-20-14)6-11(12)3-4-16-15/h3-4,6-7,9-10,18H,5,8H2,1-2H3,(H,16,17). The SMILES string of the molecule is CC(O)CC(C)Nc1nccc2cc3c(cc12)OCO3. The summed E-state index contributed by atoms with van der Waals surface area (Å²) in [5, 5.41) is 14.8. The van der Waals surface area contributed by atoms with Gasteiger partial charge in [-0.25, -0.2) is 4.98 Å². The zero-order valence-corrected chi connectivity index (χ0v) is 11.6. The lowest BCUT2D eigenvalue weighted by atomic mass is 10.1. The van der Waals surface area contributed by atoms with Gasteiger partial charge in [-0.2, -0.15) is 0 Å². The van der Waals surface area contributed by atoms with Crippen molar-refractivity contribution in [2.24, 2.45) is 0 Å². The Morgan fingerprint density at radius 2 is 2.05 bits per heavy atom. The second-order valence-electron chi connectivity index (χ2n) is 5.22. The first-order chi connectivity index (χ1) is 9.63. The summed E-state index contributed by atoms with van der Waals surface area (Å²) in [6.07, 6.45) is 2.10. The van der Waals surface area contributed by atoms with Crippen molar-refractivity contribution in [2.45, 2.75) is 32.4 Å². The second kappa shape index (κ2) is 5.17. The summed E-state index contributed by atoms with van der Waals surface area (Å²) in [4.78, 5) is 4.39. The molecule has 3 rings (SSSR count). The number of hydrogen-bond acceptors (Lipinski definition) is 5. The molecule has 0 spiro atoms. The quantitative estimate of drug-likeness (QED) is 0.897. The maximum Gasteiger partial charge on any atom is 0.231 e. The molecule has 2 atom stereocenters. The number of anilines is 1. The number of rotatable bonds is 4. The molecule has 0 saturated heterocycles. The number of aliphatic hydroxyl groups is 1. The molecule has 0 saturated carbocycles. The lowest BCUT2D eigenvalue weighted by molar-refractivity contribution is 0.174. The average molecular weight is 274 g/mol. The molecule has 0 fully saturated rings. The Morgan fingerprint density at radius 3 is 2.80 bits per heavy atom. The van der Waals surface area contributed by atoms with Crippen molar-refractivity contribution >= 4 is 16.6 Å². The fourth-order valence-electron chi connectivity index (χ4n) is 2.48. The lowest BCUT2D eigenvalue weighted by Crippen LogP contribution is -2.21. The number of nitrogens with zero attached hydrogens (tertiary/aromatic N) is 1. The highest BCUT2D eigenvalue weighted by atomic mass is 16.7. The number of ether oxygens (including phenoxy) is 2. The second-order valence-corrected chi connectivity index (χ2v) is 5.22. The molecular formula is C15H18N2O3. The molecule has 2 N–H and O–H groups in total. The monoisotopic (exact) mass is 274 g/mol. The minimum Gasteiger partial charge on any atom is -0.454 e. The van der Waals surface area contributed by atoms with Crippen LogP contribution in [-0.2, 0) is 0 Å². The van der Waals surface area contributed by atoms with Crippen molar-refractivity contribution in [1.29, 1.82) is 0 Å². The van der Waals surface area contributed by atoms with Gasteiger partial charge in [-0.1, -0.05) is 0 Å². The molecule has 2 heterocycles. The van der Waals surface area contributed by atoms with E-state index in [1.807, 2.05) is 25.1 Å². The number of fused-ring (bicyclic) bond motifs is 2. The van der Waals surface area contributed by atoms with Gasteiger partial charge in [-0.3, -0.25) is 0 Å². The minimum atomic E-state index is -0.339. The van der Waals surface area contributed by atoms with E-state index in [1.54, 1.807) is 13.1 Å². The van der Waals surface area contributed by atoms with Gasteiger partial charge in [0, 0.05) is 17.6 Å². The van der Waals surface area contributed by atoms with Crippen LogP contribution >= 0.6 is 0 Å². The van der Waals surface area contributed by atoms with E-state index in [9.17, 15) is 5.11 Å². The van der Waals surface area contributed by atoms with Gasteiger partial charge < -0.3 is 19.9 Å². The number of pyridine rings is 1. The van der Waals surface area contributed by atoms with Crippen molar-refractivity contribution in [1.82, 2.24) is 4.98 Å². The van der Waals surface area contributed by atoms with E-state index >= 15 is 0 Å². The van der Waals surface area contributed by atoms with Crippen molar-refractivity contribution in [3.8, 4) is 11.5 Å². The van der Waals surface area contributed by atoms with Crippen LogP contribution in [0, 0.1) is 0 Å². The Morgan fingerprint density at radius 1 is 1.30 bits per heavy atom. The summed E-state index contributed by atoms with van der Waals surface area (Å²) in [5.74, 6) is 2.32. The number of aromatic nitrogens is 1. The van der Waals surface area contributed by atoms with Gasteiger partial charge >= 0.3 is 0 Å². The number of benzene rings is 1. The van der Waals surface area contributed by atoms with Crippen molar-refractivity contribution in [2.75, 3.05) is 12.1 Å². The molecule has 1 aliphatic heterocycles. The molecule has 106 valence electrons. The summed E-state index contributed by atoms with van der Waals surface area (Å²) in [6, 6.07) is 5.99. The molecule has 5 heteroatoms. The van der Waals surface area contributed by atoms with Crippen LogP contribution in [0.25, 0.3) is 10.8 Å². The largest absolute Gasteiger partial charge is 0.454 e. The molecule has 0 radical (unpaired) electrons. The zero-order valence-electron chi connectivity index (χ0n) is 11.6. The average Bonchev–Trinajstić information content (AvgIpc) is 2.82. The summed E-state index contributed by atoms with van der Waals surface area (Å²) in [6.45, 7) is 4.08. The summed E-state index contributed by atoms with van der Waals surface area (Å²) in [7, 11) is 0. The van der Waals surface area contributed by atoms with Crippen molar-refractivity contribution in [3.63, 3.8) is 0 Å². The van der Waals surface area contributed by atoms with E-state index < -0.39 is 0 Å². The Kier molecular flexibility index (Phi) is 3.36. The number of hydrogen-bond donors (Lipinski definition) is 2. The zero-order chi connectivity index (χ0) is 14.1. The summed E-state index contributed by atoms with van der Waals surface area (Å²) in [5.41, 5.74) is 0. The molecule has 0 bridgehead atoms. The Labute approximate surface area is 117 Å². The Bertz CT molecular complexity index is 628. The molecule has 0 aliphatic carbocycles. The van der Waals surface area contributed by atoms with E-state index in [-0.39, 0.29) is 18.9 Å². The van der Waals surface area contributed by atoms with Gasteiger partial charge in [0.25, 0.3) is 0 Å². The third kappa shape index (κ3) is 2.49. The first kappa shape index (κ1) is 13.0. The first-order valence-corrected chi connectivity index (χ1v) is 6.76. The maximum absolute atomic E-state index is 9.44. The third-order valence-electron chi connectivity index (χ3n) is 3.34. The van der Waals surface area contributed by atoms with Crippen LogP contribution in [-0.4, -0.2) is 29.0 Å². The Balaban J connectivity index is 1.95. The van der Waals surface area contributed by atoms with Gasteiger partial charge in [0.05, 0.1) is 6.10 Å². The van der Waals surface area contributed by atoms with E-state index in [0.29, 0.717) is 6.42 Å². The van der Waals surface area contributed by atoms with Crippen LogP contribution in [0.1, 0.15) is 20.3 Å². The number of nitrogens with one attached hydrogen (secondary N) is 1. The van der Waals surface area contributed by atoms with Gasteiger partial charge in [0.2, 0.25) is 6.79 Å². The van der Waals surface area contributed by atoms with Crippen molar-refractivity contribution < 1.29 is 14.6 Å². The molecule has 1 aromatic carbocycles. The smallest absolute Gasteiger partial charge is 0.231 e. The highest BCUT2D eigenvalue weighted by molar-refractivity contribution is 5.94. The highest BCUT2D eigenvalue weighted by Gasteiger charge is 2.16. The molecule has 2 unspecified atom stereocenters. The van der Waals surface area contributed by atoms with Crippen LogP contribution < -0.4 is 14.8 Å². The predicted molar refractivity (Wildman–Crippen MR) is 77.2 cm³/mol. The maximum atomic E-state index is 9.44. The molecular weight excluding hydrogens is 256 g/mol. The van der Waals surface area contributed by atoms with Crippen LogP contribution in [0.4, 0.5) is 5.82 Å². The van der Waals surface area contributed by atoms with Crippen LogP contribution in [0.3, 0.4) is 0 Å². The molecule has 2 aromatic rings. The van der Waals surface area contributed by atoms with Gasteiger partial charge in [-0.15, -0.1) is 0 Å². The van der Waals surface area contributed by atoms with E-state index in [2.05, 4.69) is 10.3 Å². The Hall–Kier alpha value is -2.01. The predicted octanol–water partition coefficient (Wildman–Crippen LogP) is 2.53. The fraction of sp³-hybridized carbons (Fsp3) is 0.400. The molecule has 5 nitrogen and oxygen atoms in total. The van der Waals surface area contributed by atoms with Crippen LogP contribution in [0.5, 0.6) is 11.5 Å². The molecule has 0 amide bonds. The minimum absolute atomic E-state index is 0.138. The van der Waals surface area contributed by atoms with E-state index in [4.69, 9.17) is 9.47 Å². The van der Waals surface area contributed by atoms with E-state index in [1.165, 1.54) is 0 Å². The van der Waals surface area contributed by atoms with Gasteiger partial charge in [0.1, 0.15) is 5.82 Å². The summed E-state index contributed by atoms with van der Waals surface area (Å²) < 4.78 is 10.8. The highest BCUT2D eigenvalue weighted by Crippen LogP contribution is 2.37. The molecule has 1 aromatic heterocycles. The number of aliphatic hydroxyl groups excluding tert-OH is 1. The van der Waals surface area contributed by atoms with Crippen LogP contribution in [0.15, 0.2) is 24.4 Å². The first-order valence-electron chi connectivity index (χ1n) is 6.76. The lowest BCUT2D eigenvalue weighted by Gasteiger charge is -2.17. The van der Waals surface area contributed by atoms with Gasteiger partial charge in [-0.05, 0) is 43.9 Å². The topological polar surface area (TPSA) is 63.6 Å². The van der Waals surface area contributed by atoms with Crippen LogP contribution in [0.2, 0.25) is 0 Å². The third-order valence-corrected chi connectivity index (χ3v) is 3.34. The molecule has 1 aliphatic rings. The summed E-state index contributed by atoms with van der Waals surface area (Å²) >= 11 is 0. The molecule has 20 heavy (non-hydrogen) atoms.